The molecule has 0 aromatic heterocycles. The fourth-order valence-electron chi connectivity index (χ4n) is 3.11. The minimum absolute atomic E-state index is 0.726. The summed E-state index contributed by atoms with van der Waals surface area (Å²) < 4.78 is 2.18. The summed E-state index contributed by atoms with van der Waals surface area (Å²) in [6.07, 6.45) is 32.3. The summed E-state index contributed by atoms with van der Waals surface area (Å²) in [5, 5.41) is 0. The number of rotatable bonds is 3. The molecule has 0 fully saturated rings. The van der Waals surface area contributed by atoms with Crippen LogP contribution in [0.3, 0.4) is 0 Å². The monoisotopic (exact) mass is 311 g/mol. The minimum atomic E-state index is -1.32. The van der Waals surface area contributed by atoms with Crippen molar-refractivity contribution in [3.8, 4) is 0 Å². The van der Waals surface area contributed by atoms with E-state index in [1.54, 1.807) is 0 Å². The molecule has 0 N–H and O–H groups in total. The van der Waals surface area contributed by atoms with Gasteiger partial charge in [0.2, 0.25) is 0 Å². The van der Waals surface area contributed by atoms with Gasteiger partial charge < -0.3 is 0 Å². The summed E-state index contributed by atoms with van der Waals surface area (Å²) in [6, 6.07) is 0. The summed E-state index contributed by atoms with van der Waals surface area (Å²) in [5.41, 5.74) is 0. The Morgan fingerprint density at radius 1 is 0.474 bits per heavy atom. The summed E-state index contributed by atoms with van der Waals surface area (Å²) in [4.78, 5) is 0. The van der Waals surface area contributed by atoms with Gasteiger partial charge in [-0.25, -0.2) is 0 Å². The Bertz CT molecular complexity index is 369. The molecule has 3 aliphatic rings. The van der Waals surface area contributed by atoms with E-state index in [2.05, 4.69) is 72.9 Å². The second kappa shape index (κ2) is 6.43. The Hall–Kier alpha value is -1.02. The van der Waals surface area contributed by atoms with E-state index >= 15 is 0 Å². The first-order valence-corrected chi connectivity index (χ1v) is 10.9. The Morgan fingerprint density at radius 3 is 1.00 bits per heavy atom. The molecular weight excluding hydrogens is 289 g/mol. The predicted molar refractivity (Wildman–Crippen MR) is 85.7 cm³/mol. The molecule has 0 spiro atoms. The molecule has 0 unspecified atom stereocenters. The van der Waals surface area contributed by atoms with Crippen molar-refractivity contribution in [2.24, 2.45) is 0 Å². The van der Waals surface area contributed by atoms with E-state index in [0.29, 0.717) is 0 Å². The van der Waals surface area contributed by atoms with Crippen molar-refractivity contribution >= 4 is 14.3 Å². The van der Waals surface area contributed by atoms with Crippen LogP contribution in [0.15, 0.2) is 72.9 Å². The van der Waals surface area contributed by atoms with Crippen LogP contribution in [0.1, 0.15) is 19.3 Å². The van der Waals surface area contributed by atoms with Crippen LogP contribution >= 0.6 is 0 Å². The molecule has 0 nitrogen and oxygen atoms in total. The molecule has 0 saturated heterocycles. The molecule has 1 radical (unpaired) electrons. The Labute approximate surface area is 121 Å². The molecule has 0 aromatic carbocycles. The SMILES string of the molecule is C1=C[CH]([Ge]([CH]2C=CCC=C2)[CH]2C=CCC=C2)C=CC1. The zero-order valence-corrected chi connectivity index (χ0v) is 13.4. The predicted octanol–water partition coefficient (Wildman–Crippen LogP) is 5.14. The average molecular weight is 310 g/mol. The molecule has 0 heterocycles. The van der Waals surface area contributed by atoms with E-state index in [1.807, 2.05) is 0 Å². The second-order valence-electron chi connectivity index (χ2n) is 5.35. The van der Waals surface area contributed by atoms with Crippen LogP contribution in [0, 0.1) is 0 Å². The van der Waals surface area contributed by atoms with Gasteiger partial charge in [0.05, 0.1) is 0 Å². The maximum atomic E-state index is 2.47. The van der Waals surface area contributed by atoms with Crippen molar-refractivity contribution in [2.75, 3.05) is 0 Å². The standard InChI is InChI=1S/C18H21Ge/c1-4-10-16(11-5-1)19(17-12-6-2-7-13-17)18-14-8-3-9-15-18/h4-18H,1-3H2. The number of hydrogen-bond donors (Lipinski definition) is 0. The van der Waals surface area contributed by atoms with Gasteiger partial charge in [-0.3, -0.25) is 0 Å². The van der Waals surface area contributed by atoms with Gasteiger partial charge in [-0.05, 0) is 0 Å². The van der Waals surface area contributed by atoms with Gasteiger partial charge in [0.25, 0.3) is 0 Å². The molecule has 0 amide bonds. The van der Waals surface area contributed by atoms with E-state index in [1.165, 1.54) is 0 Å². The van der Waals surface area contributed by atoms with Gasteiger partial charge in [-0.15, -0.1) is 0 Å². The van der Waals surface area contributed by atoms with Crippen LogP contribution in [0.2, 0.25) is 14.3 Å². The quantitative estimate of drug-likeness (QED) is 0.500. The number of allylic oxidation sites excluding steroid dienone is 12. The first kappa shape index (κ1) is 13.0. The molecule has 0 aromatic rings. The van der Waals surface area contributed by atoms with E-state index in [9.17, 15) is 0 Å². The third kappa shape index (κ3) is 3.12. The molecule has 1 heteroatoms. The van der Waals surface area contributed by atoms with E-state index in [4.69, 9.17) is 0 Å². The Kier molecular flexibility index (Phi) is 4.39. The van der Waals surface area contributed by atoms with Crippen LogP contribution in [0.25, 0.3) is 0 Å². The van der Waals surface area contributed by atoms with Gasteiger partial charge >= 0.3 is 121 Å². The molecule has 0 aliphatic heterocycles. The van der Waals surface area contributed by atoms with Crippen molar-refractivity contribution < 1.29 is 0 Å². The van der Waals surface area contributed by atoms with E-state index < -0.39 is 14.3 Å². The van der Waals surface area contributed by atoms with Crippen molar-refractivity contribution in [1.82, 2.24) is 0 Å². The molecule has 0 saturated carbocycles. The molecule has 19 heavy (non-hydrogen) atoms. The molecule has 0 atom stereocenters. The Balaban J connectivity index is 1.87. The summed E-state index contributed by atoms with van der Waals surface area (Å²) in [7, 11) is 0. The van der Waals surface area contributed by atoms with Crippen LogP contribution in [0.4, 0.5) is 0 Å². The van der Waals surface area contributed by atoms with Crippen molar-refractivity contribution in [3.63, 3.8) is 0 Å². The van der Waals surface area contributed by atoms with E-state index in [0.717, 1.165) is 33.5 Å². The van der Waals surface area contributed by atoms with Crippen LogP contribution in [-0.2, 0) is 0 Å². The summed E-state index contributed by atoms with van der Waals surface area (Å²) >= 11 is -1.32. The second-order valence-corrected chi connectivity index (χ2v) is 11.6. The first-order chi connectivity index (χ1) is 9.45. The van der Waals surface area contributed by atoms with Crippen molar-refractivity contribution in [3.05, 3.63) is 72.9 Å². The fourth-order valence-corrected chi connectivity index (χ4v) is 10.4. The zero-order chi connectivity index (χ0) is 12.9. The Morgan fingerprint density at radius 2 is 0.737 bits per heavy atom. The molecule has 3 aliphatic carbocycles. The van der Waals surface area contributed by atoms with Gasteiger partial charge in [0.15, 0.2) is 0 Å². The molecule has 97 valence electrons. The molecule has 3 rings (SSSR count). The molecule has 0 bridgehead atoms. The first-order valence-electron chi connectivity index (χ1n) is 7.32. The van der Waals surface area contributed by atoms with E-state index in [-0.39, 0.29) is 0 Å². The van der Waals surface area contributed by atoms with Gasteiger partial charge in [0.1, 0.15) is 0 Å². The van der Waals surface area contributed by atoms with Gasteiger partial charge in [-0.2, -0.15) is 0 Å². The zero-order valence-electron chi connectivity index (χ0n) is 11.3. The van der Waals surface area contributed by atoms with Crippen LogP contribution in [-0.4, -0.2) is 14.3 Å². The van der Waals surface area contributed by atoms with Crippen molar-refractivity contribution in [1.29, 1.82) is 0 Å². The normalized spacial score (nSPS) is 23.8. The van der Waals surface area contributed by atoms with Gasteiger partial charge in [-0.1, -0.05) is 0 Å². The third-order valence-electron chi connectivity index (χ3n) is 4.03. The average Bonchev–Trinajstić information content (AvgIpc) is 2.51. The summed E-state index contributed by atoms with van der Waals surface area (Å²) in [5.74, 6) is 0. The van der Waals surface area contributed by atoms with Crippen molar-refractivity contribution in [2.45, 2.75) is 33.5 Å². The fraction of sp³-hybridized carbons (Fsp3) is 0.333. The third-order valence-corrected chi connectivity index (χ3v) is 11.3. The number of hydrogen-bond acceptors (Lipinski definition) is 0. The topological polar surface area (TPSA) is 0 Å². The van der Waals surface area contributed by atoms with Gasteiger partial charge in [0, 0.05) is 0 Å². The maximum absolute atomic E-state index is 2.47. The molecular formula is C18H21Ge. The summed E-state index contributed by atoms with van der Waals surface area (Å²) in [6.45, 7) is 0. The van der Waals surface area contributed by atoms with Crippen LogP contribution < -0.4 is 0 Å². The van der Waals surface area contributed by atoms with Crippen LogP contribution in [0.5, 0.6) is 0 Å².